The molecule has 1 N–H and O–H groups in total. The molecule has 0 saturated carbocycles. The Morgan fingerprint density at radius 2 is 2.06 bits per heavy atom. The molecule has 1 nitrogen and oxygen atoms in total. The summed E-state index contributed by atoms with van der Waals surface area (Å²) in [5.74, 6) is 1.46. The van der Waals surface area contributed by atoms with Gasteiger partial charge in [0, 0.05) is 0 Å². The van der Waals surface area contributed by atoms with Crippen molar-refractivity contribution in [2.45, 2.75) is 66.4 Å². The van der Waals surface area contributed by atoms with Crippen molar-refractivity contribution in [1.29, 1.82) is 0 Å². The van der Waals surface area contributed by atoms with Crippen LogP contribution in [0.4, 0.5) is 0 Å². The second-order valence-electron chi connectivity index (χ2n) is 6.55. The van der Waals surface area contributed by atoms with Crippen molar-refractivity contribution in [2.24, 2.45) is 17.3 Å². The molecule has 0 fully saturated rings. The molecule has 0 radical (unpaired) electrons. The quantitative estimate of drug-likeness (QED) is 0.711. The average Bonchev–Trinajstić information content (AvgIpc) is 2.12. The Labute approximate surface area is 101 Å². The van der Waals surface area contributed by atoms with Crippen molar-refractivity contribution < 1.29 is 5.11 Å². The van der Waals surface area contributed by atoms with Crippen LogP contribution in [0.3, 0.4) is 0 Å². The predicted molar refractivity (Wildman–Crippen MR) is 70.3 cm³/mol. The number of allylic oxidation sites excluding steroid dienone is 1. The molecule has 16 heavy (non-hydrogen) atoms. The van der Waals surface area contributed by atoms with Gasteiger partial charge in [0.2, 0.25) is 0 Å². The zero-order valence-corrected chi connectivity index (χ0v) is 11.6. The lowest BCUT2D eigenvalue weighted by Gasteiger charge is -2.39. The third kappa shape index (κ3) is 3.62. The monoisotopic (exact) mass is 224 g/mol. The van der Waals surface area contributed by atoms with E-state index < -0.39 is 0 Å². The Bertz CT molecular complexity index is 250. The molecule has 0 spiro atoms. The average molecular weight is 224 g/mol. The van der Waals surface area contributed by atoms with Crippen LogP contribution in [0.2, 0.25) is 0 Å². The minimum absolute atomic E-state index is 0.212. The van der Waals surface area contributed by atoms with E-state index in [9.17, 15) is 5.11 Å². The zero-order chi connectivity index (χ0) is 12.3. The topological polar surface area (TPSA) is 20.2 Å². The number of hydrogen-bond acceptors (Lipinski definition) is 1. The summed E-state index contributed by atoms with van der Waals surface area (Å²) in [5.41, 5.74) is 1.43. The second kappa shape index (κ2) is 5.35. The number of aliphatic hydroxyl groups is 1. The van der Waals surface area contributed by atoms with Crippen LogP contribution in [-0.2, 0) is 0 Å². The molecule has 0 heterocycles. The summed E-state index contributed by atoms with van der Waals surface area (Å²) in [6.45, 7) is 11.2. The molecule has 0 aliphatic heterocycles. The summed E-state index contributed by atoms with van der Waals surface area (Å²) >= 11 is 0. The summed E-state index contributed by atoms with van der Waals surface area (Å²) in [4.78, 5) is 0. The largest absolute Gasteiger partial charge is 0.389 e. The fraction of sp³-hybridized carbons (Fsp3) is 0.867. The summed E-state index contributed by atoms with van der Waals surface area (Å²) < 4.78 is 0. The molecule has 0 aromatic carbocycles. The summed E-state index contributed by atoms with van der Waals surface area (Å²) in [5, 5.41) is 9.88. The maximum atomic E-state index is 9.88. The Balaban J connectivity index is 2.56. The van der Waals surface area contributed by atoms with Gasteiger partial charge in [0.1, 0.15) is 0 Å². The first-order valence-corrected chi connectivity index (χ1v) is 6.69. The van der Waals surface area contributed by atoms with Gasteiger partial charge in [0.25, 0.3) is 0 Å². The fourth-order valence-electron chi connectivity index (χ4n) is 2.68. The van der Waals surface area contributed by atoms with Gasteiger partial charge in [0.05, 0.1) is 6.10 Å². The highest BCUT2D eigenvalue weighted by molar-refractivity contribution is 5.14. The normalized spacial score (nSPS) is 29.3. The molecule has 1 aliphatic rings. The highest BCUT2D eigenvalue weighted by Gasteiger charge is 2.34. The molecule has 1 aliphatic carbocycles. The van der Waals surface area contributed by atoms with E-state index >= 15 is 0 Å². The highest BCUT2D eigenvalue weighted by Crippen LogP contribution is 2.42. The van der Waals surface area contributed by atoms with E-state index in [0.717, 1.165) is 12.3 Å². The smallest absolute Gasteiger partial charge is 0.0752 e. The van der Waals surface area contributed by atoms with E-state index in [-0.39, 0.29) is 11.5 Å². The van der Waals surface area contributed by atoms with E-state index in [0.29, 0.717) is 5.92 Å². The fourth-order valence-corrected chi connectivity index (χ4v) is 2.68. The minimum atomic E-state index is -0.212. The summed E-state index contributed by atoms with van der Waals surface area (Å²) in [7, 11) is 0. The van der Waals surface area contributed by atoms with Crippen LogP contribution in [0, 0.1) is 17.3 Å². The molecule has 2 unspecified atom stereocenters. The zero-order valence-electron chi connectivity index (χ0n) is 11.6. The molecule has 94 valence electrons. The SMILES string of the molecule is CC1=CC(CCCC(C)C)C(C)(C)CC1O. The molecular formula is C15H28O. The van der Waals surface area contributed by atoms with Gasteiger partial charge in [0.15, 0.2) is 0 Å². The Hall–Kier alpha value is -0.300. The van der Waals surface area contributed by atoms with Gasteiger partial charge in [-0.3, -0.25) is 0 Å². The van der Waals surface area contributed by atoms with Crippen LogP contribution < -0.4 is 0 Å². The van der Waals surface area contributed by atoms with Crippen LogP contribution in [0.5, 0.6) is 0 Å². The van der Waals surface area contributed by atoms with Crippen molar-refractivity contribution >= 4 is 0 Å². The van der Waals surface area contributed by atoms with Gasteiger partial charge in [-0.2, -0.15) is 0 Å². The third-order valence-corrected chi connectivity index (χ3v) is 4.01. The second-order valence-corrected chi connectivity index (χ2v) is 6.55. The van der Waals surface area contributed by atoms with Gasteiger partial charge in [-0.1, -0.05) is 46.6 Å². The first-order valence-electron chi connectivity index (χ1n) is 6.69. The molecule has 0 aromatic heterocycles. The molecule has 0 bridgehead atoms. The van der Waals surface area contributed by atoms with Crippen LogP contribution in [0.1, 0.15) is 60.3 Å². The van der Waals surface area contributed by atoms with E-state index in [2.05, 4.69) is 40.7 Å². The number of rotatable bonds is 4. The van der Waals surface area contributed by atoms with E-state index in [1.165, 1.54) is 24.8 Å². The van der Waals surface area contributed by atoms with Crippen molar-refractivity contribution in [2.75, 3.05) is 0 Å². The van der Waals surface area contributed by atoms with Gasteiger partial charge >= 0.3 is 0 Å². The van der Waals surface area contributed by atoms with Gasteiger partial charge in [-0.15, -0.1) is 0 Å². The predicted octanol–water partition coefficient (Wildman–Crippen LogP) is 4.17. The maximum absolute atomic E-state index is 9.88. The Kier molecular flexibility index (Phi) is 4.61. The van der Waals surface area contributed by atoms with Crippen molar-refractivity contribution in [3.63, 3.8) is 0 Å². The van der Waals surface area contributed by atoms with Crippen LogP contribution >= 0.6 is 0 Å². The van der Waals surface area contributed by atoms with Crippen molar-refractivity contribution in [1.82, 2.24) is 0 Å². The molecule has 0 saturated heterocycles. The van der Waals surface area contributed by atoms with E-state index in [4.69, 9.17) is 0 Å². The standard InChI is InChI=1S/C15H28O/c1-11(2)7-6-8-13-9-12(3)14(16)10-15(13,4)5/h9,11,13-14,16H,6-8,10H2,1-5H3. The minimum Gasteiger partial charge on any atom is -0.389 e. The molecule has 0 aromatic rings. The maximum Gasteiger partial charge on any atom is 0.0752 e. The molecule has 1 heteroatoms. The summed E-state index contributed by atoms with van der Waals surface area (Å²) in [6, 6.07) is 0. The lowest BCUT2D eigenvalue weighted by atomic mass is 9.67. The van der Waals surface area contributed by atoms with E-state index in [1.54, 1.807) is 0 Å². The molecular weight excluding hydrogens is 196 g/mol. The molecule has 0 amide bonds. The van der Waals surface area contributed by atoms with Gasteiger partial charge < -0.3 is 5.11 Å². The van der Waals surface area contributed by atoms with Crippen LogP contribution in [0.15, 0.2) is 11.6 Å². The first kappa shape index (κ1) is 13.8. The van der Waals surface area contributed by atoms with Crippen LogP contribution in [-0.4, -0.2) is 11.2 Å². The lowest BCUT2D eigenvalue weighted by Crippen LogP contribution is -2.33. The highest BCUT2D eigenvalue weighted by atomic mass is 16.3. The van der Waals surface area contributed by atoms with Gasteiger partial charge in [-0.25, -0.2) is 0 Å². The van der Waals surface area contributed by atoms with Crippen molar-refractivity contribution in [3.05, 3.63) is 11.6 Å². The summed E-state index contributed by atoms with van der Waals surface area (Å²) in [6.07, 6.45) is 6.93. The Morgan fingerprint density at radius 1 is 1.44 bits per heavy atom. The lowest BCUT2D eigenvalue weighted by molar-refractivity contribution is 0.0941. The van der Waals surface area contributed by atoms with Crippen LogP contribution in [0.25, 0.3) is 0 Å². The van der Waals surface area contributed by atoms with Crippen molar-refractivity contribution in [3.8, 4) is 0 Å². The van der Waals surface area contributed by atoms with E-state index in [1.807, 2.05) is 0 Å². The Morgan fingerprint density at radius 3 is 2.62 bits per heavy atom. The number of hydrogen-bond donors (Lipinski definition) is 1. The third-order valence-electron chi connectivity index (χ3n) is 4.01. The molecule has 1 rings (SSSR count). The molecule has 2 atom stereocenters. The first-order chi connectivity index (χ1) is 7.33. The van der Waals surface area contributed by atoms with Gasteiger partial charge in [-0.05, 0) is 42.6 Å². The number of aliphatic hydroxyl groups excluding tert-OH is 1.